The monoisotopic (exact) mass is 469 g/mol. The zero-order chi connectivity index (χ0) is 23.3. The molecular formula is C22H35N3O6S. The molecule has 2 fully saturated rings. The summed E-state index contributed by atoms with van der Waals surface area (Å²) in [5.41, 5.74) is 0. The minimum Gasteiger partial charge on any atom is -0.493 e. The Labute approximate surface area is 191 Å². The lowest BCUT2D eigenvalue weighted by molar-refractivity contribution is -0.126. The first-order valence-corrected chi connectivity index (χ1v) is 12.6. The summed E-state index contributed by atoms with van der Waals surface area (Å²) in [7, 11) is -0.689. The highest BCUT2D eigenvalue weighted by Crippen LogP contribution is 2.32. The molecule has 0 radical (unpaired) electrons. The van der Waals surface area contributed by atoms with Crippen LogP contribution in [0.3, 0.4) is 0 Å². The first-order chi connectivity index (χ1) is 15.2. The molecule has 2 heterocycles. The van der Waals surface area contributed by atoms with Gasteiger partial charge < -0.3 is 19.5 Å². The first kappa shape index (κ1) is 24.8. The molecule has 10 heteroatoms. The van der Waals surface area contributed by atoms with Crippen LogP contribution in [0.25, 0.3) is 0 Å². The lowest BCUT2D eigenvalue weighted by atomic mass is 9.97. The molecule has 1 aromatic rings. The van der Waals surface area contributed by atoms with E-state index in [0.717, 1.165) is 19.6 Å². The van der Waals surface area contributed by atoms with Crippen LogP contribution in [-0.2, 0) is 19.6 Å². The van der Waals surface area contributed by atoms with Gasteiger partial charge in [-0.05, 0) is 38.8 Å². The molecular weight excluding hydrogens is 434 g/mol. The predicted octanol–water partition coefficient (Wildman–Crippen LogP) is 1.33. The number of sulfonamides is 1. The summed E-state index contributed by atoms with van der Waals surface area (Å²) in [6.45, 7) is 7.86. The summed E-state index contributed by atoms with van der Waals surface area (Å²) in [5, 5.41) is 3.02. The van der Waals surface area contributed by atoms with Crippen molar-refractivity contribution in [1.82, 2.24) is 14.5 Å². The maximum absolute atomic E-state index is 13.0. The fourth-order valence-corrected chi connectivity index (χ4v) is 5.92. The number of morpholine rings is 1. The van der Waals surface area contributed by atoms with E-state index in [1.807, 2.05) is 0 Å². The van der Waals surface area contributed by atoms with Crippen molar-refractivity contribution in [3.63, 3.8) is 0 Å². The van der Waals surface area contributed by atoms with E-state index in [0.29, 0.717) is 44.0 Å². The Morgan fingerprint density at radius 2 is 1.72 bits per heavy atom. The van der Waals surface area contributed by atoms with E-state index >= 15 is 0 Å². The lowest BCUT2D eigenvalue weighted by Crippen LogP contribution is -2.48. The number of carbonyl (C=O) groups excluding carboxylic acids is 1. The van der Waals surface area contributed by atoms with Crippen LogP contribution in [0, 0.1) is 5.92 Å². The molecule has 2 saturated heterocycles. The number of hydrogen-bond acceptors (Lipinski definition) is 7. The van der Waals surface area contributed by atoms with E-state index in [9.17, 15) is 13.2 Å². The highest BCUT2D eigenvalue weighted by molar-refractivity contribution is 7.89. The van der Waals surface area contributed by atoms with Crippen LogP contribution in [-0.4, -0.2) is 89.2 Å². The van der Waals surface area contributed by atoms with Crippen molar-refractivity contribution in [2.24, 2.45) is 5.92 Å². The molecule has 9 nitrogen and oxygen atoms in total. The van der Waals surface area contributed by atoms with Crippen LogP contribution >= 0.6 is 0 Å². The molecule has 2 aliphatic rings. The number of nitrogens with zero attached hydrogens (tertiary/aromatic N) is 2. The van der Waals surface area contributed by atoms with Crippen molar-refractivity contribution in [3.05, 3.63) is 18.2 Å². The summed E-state index contributed by atoms with van der Waals surface area (Å²) in [6, 6.07) is 4.57. The van der Waals surface area contributed by atoms with Gasteiger partial charge in [0, 0.05) is 51.3 Å². The van der Waals surface area contributed by atoms with Crippen molar-refractivity contribution in [3.8, 4) is 11.5 Å². The van der Waals surface area contributed by atoms with Crippen molar-refractivity contribution < 1.29 is 27.4 Å². The van der Waals surface area contributed by atoms with Crippen LogP contribution in [0.5, 0.6) is 11.5 Å². The largest absolute Gasteiger partial charge is 0.493 e. The third-order valence-corrected chi connectivity index (χ3v) is 7.93. The first-order valence-electron chi connectivity index (χ1n) is 11.1. The molecule has 32 heavy (non-hydrogen) atoms. The molecule has 0 aliphatic carbocycles. The molecule has 2 unspecified atom stereocenters. The van der Waals surface area contributed by atoms with E-state index in [-0.39, 0.29) is 28.9 Å². The Bertz CT molecular complexity index is 876. The molecule has 0 spiro atoms. The molecule has 3 rings (SSSR count). The molecule has 1 N–H and O–H groups in total. The summed E-state index contributed by atoms with van der Waals surface area (Å²) >= 11 is 0. The smallest absolute Gasteiger partial charge is 0.243 e. The highest BCUT2D eigenvalue weighted by Gasteiger charge is 2.32. The zero-order valence-electron chi connectivity index (χ0n) is 19.4. The summed E-state index contributed by atoms with van der Waals surface area (Å²) in [6.07, 6.45) is 1.41. The number of methoxy groups -OCH3 is 2. The average molecular weight is 470 g/mol. The van der Waals surface area contributed by atoms with Gasteiger partial charge in [-0.2, -0.15) is 4.31 Å². The molecule has 2 aliphatic heterocycles. The van der Waals surface area contributed by atoms with Gasteiger partial charge in [-0.25, -0.2) is 8.42 Å². The fraction of sp³-hybridized carbons (Fsp3) is 0.682. The molecule has 2 atom stereocenters. The number of rotatable bonds is 8. The Hall–Kier alpha value is -1.88. The van der Waals surface area contributed by atoms with Gasteiger partial charge in [0.15, 0.2) is 11.5 Å². The van der Waals surface area contributed by atoms with Gasteiger partial charge in [0.1, 0.15) is 0 Å². The van der Waals surface area contributed by atoms with Gasteiger partial charge in [0.2, 0.25) is 15.9 Å². The van der Waals surface area contributed by atoms with Gasteiger partial charge in [-0.3, -0.25) is 9.69 Å². The molecule has 180 valence electrons. The predicted molar refractivity (Wildman–Crippen MR) is 120 cm³/mol. The van der Waals surface area contributed by atoms with Crippen LogP contribution in [0.1, 0.15) is 26.7 Å². The second-order valence-corrected chi connectivity index (χ2v) is 10.4. The van der Waals surface area contributed by atoms with E-state index in [1.54, 1.807) is 6.07 Å². The fourth-order valence-electron chi connectivity index (χ4n) is 4.43. The van der Waals surface area contributed by atoms with Gasteiger partial charge in [-0.1, -0.05) is 0 Å². The molecule has 1 aromatic carbocycles. The Balaban J connectivity index is 1.49. The number of ether oxygens (including phenoxy) is 3. The molecule has 1 amide bonds. The second kappa shape index (κ2) is 10.8. The van der Waals surface area contributed by atoms with Crippen molar-refractivity contribution in [2.45, 2.75) is 43.8 Å². The van der Waals surface area contributed by atoms with Gasteiger partial charge in [-0.15, -0.1) is 0 Å². The number of benzene rings is 1. The summed E-state index contributed by atoms with van der Waals surface area (Å²) in [4.78, 5) is 15.1. The Morgan fingerprint density at radius 1 is 1.09 bits per heavy atom. The van der Waals surface area contributed by atoms with Crippen molar-refractivity contribution in [1.29, 1.82) is 0 Å². The summed E-state index contributed by atoms with van der Waals surface area (Å²) < 4.78 is 43.7. The van der Waals surface area contributed by atoms with Crippen LogP contribution < -0.4 is 14.8 Å². The summed E-state index contributed by atoms with van der Waals surface area (Å²) in [5.74, 6) is 0.673. The van der Waals surface area contributed by atoms with Crippen LogP contribution in [0.2, 0.25) is 0 Å². The SMILES string of the molecule is COc1ccc(S(=O)(=O)N2CCC(C(=O)NCCN3CC(C)OC(C)C3)CC2)cc1OC. The van der Waals surface area contributed by atoms with Crippen LogP contribution in [0.15, 0.2) is 23.1 Å². The third kappa shape index (κ3) is 5.92. The van der Waals surface area contributed by atoms with Gasteiger partial charge >= 0.3 is 0 Å². The highest BCUT2D eigenvalue weighted by atomic mass is 32.2. The van der Waals surface area contributed by atoms with Gasteiger partial charge in [0.25, 0.3) is 0 Å². The average Bonchev–Trinajstić information content (AvgIpc) is 2.78. The standard InChI is InChI=1S/C22H35N3O6S/c1-16-14-24(15-17(2)31-16)12-9-23-22(26)18-7-10-25(11-8-18)32(27,28)19-5-6-20(29-3)21(13-19)30-4/h5-6,13,16-18H,7-12,14-15H2,1-4H3,(H,23,26). The zero-order valence-corrected chi connectivity index (χ0v) is 20.2. The molecule has 0 aromatic heterocycles. The Morgan fingerprint density at radius 3 is 2.31 bits per heavy atom. The number of carbonyl (C=O) groups is 1. The van der Waals surface area contributed by atoms with E-state index < -0.39 is 10.0 Å². The quantitative estimate of drug-likeness (QED) is 0.613. The molecule has 0 bridgehead atoms. The lowest BCUT2D eigenvalue weighted by Gasteiger charge is -2.35. The number of hydrogen-bond donors (Lipinski definition) is 1. The minimum atomic E-state index is -3.66. The topological polar surface area (TPSA) is 97.4 Å². The maximum Gasteiger partial charge on any atom is 0.243 e. The van der Waals surface area contributed by atoms with E-state index in [4.69, 9.17) is 14.2 Å². The van der Waals surface area contributed by atoms with Crippen molar-refractivity contribution >= 4 is 15.9 Å². The van der Waals surface area contributed by atoms with Crippen LogP contribution in [0.4, 0.5) is 0 Å². The number of piperidine rings is 1. The van der Waals surface area contributed by atoms with E-state index in [2.05, 4.69) is 24.1 Å². The number of nitrogens with one attached hydrogen (secondary N) is 1. The maximum atomic E-state index is 13.0. The second-order valence-electron chi connectivity index (χ2n) is 8.50. The molecule has 0 saturated carbocycles. The van der Waals surface area contributed by atoms with Crippen molar-refractivity contribution in [2.75, 3.05) is 53.5 Å². The number of amides is 1. The Kier molecular flexibility index (Phi) is 8.37. The normalized spacial score (nSPS) is 23.6. The third-order valence-electron chi connectivity index (χ3n) is 6.04. The van der Waals surface area contributed by atoms with Gasteiger partial charge in [0.05, 0.1) is 31.3 Å². The van der Waals surface area contributed by atoms with E-state index in [1.165, 1.54) is 30.7 Å². The minimum absolute atomic E-state index is 0.00233.